The molecule has 0 amide bonds. The lowest BCUT2D eigenvalue weighted by Crippen LogP contribution is -2.10. The predicted octanol–water partition coefficient (Wildman–Crippen LogP) is 3.81. The predicted molar refractivity (Wildman–Crippen MR) is 59.8 cm³/mol. The molecular weight excluding hydrogens is 196 g/mol. The average molecular weight is 211 g/mol. The van der Waals surface area contributed by atoms with Gasteiger partial charge in [0.15, 0.2) is 0 Å². The van der Waals surface area contributed by atoms with Crippen LogP contribution in [-0.2, 0) is 4.79 Å². The minimum Gasteiger partial charge on any atom is -0.299 e. The Morgan fingerprint density at radius 1 is 1.36 bits per heavy atom. The number of benzene rings is 1. The Morgan fingerprint density at radius 3 is 2.50 bits per heavy atom. The highest BCUT2D eigenvalue weighted by atomic mass is 35.5. The van der Waals surface area contributed by atoms with Gasteiger partial charge in [-0.15, -0.1) is 0 Å². The maximum Gasteiger partial charge on any atom is 0.140 e. The number of carbonyl (C=O) groups excluding carboxylic acids is 1. The van der Waals surface area contributed by atoms with Gasteiger partial charge in [-0.1, -0.05) is 43.6 Å². The molecule has 1 atom stereocenters. The van der Waals surface area contributed by atoms with E-state index >= 15 is 0 Å². The van der Waals surface area contributed by atoms with E-state index in [4.69, 9.17) is 11.6 Å². The van der Waals surface area contributed by atoms with Crippen LogP contribution in [0.3, 0.4) is 0 Å². The van der Waals surface area contributed by atoms with Gasteiger partial charge in [-0.3, -0.25) is 4.79 Å². The normalized spacial score (nSPS) is 12.5. The van der Waals surface area contributed by atoms with Crippen molar-refractivity contribution in [1.82, 2.24) is 0 Å². The standard InChI is InChI=1S/C12H15ClO/c1-3-9(12(14)4-2)10-7-5-6-8-11(10)13/h5-9H,3-4H2,1-2H3/t9-/m0/s1. The summed E-state index contributed by atoms with van der Waals surface area (Å²) in [5.41, 5.74) is 0.962. The Labute approximate surface area is 90.1 Å². The molecule has 0 radical (unpaired) electrons. The first-order valence-electron chi connectivity index (χ1n) is 4.97. The number of carbonyl (C=O) groups is 1. The van der Waals surface area contributed by atoms with Crippen molar-refractivity contribution < 1.29 is 4.79 Å². The van der Waals surface area contributed by atoms with E-state index in [1.807, 2.05) is 38.1 Å². The minimum atomic E-state index is -0.0336. The highest BCUT2D eigenvalue weighted by Gasteiger charge is 2.18. The molecule has 1 rings (SSSR count). The quantitative estimate of drug-likeness (QED) is 0.739. The largest absolute Gasteiger partial charge is 0.299 e. The lowest BCUT2D eigenvalue weighted by Gasteiger charge is -2.14. The van der Waals surface area contributed by atoms with Gasteiger partial charge in [-0.25, -0.2) is 0 Å². The molecule has 1 aromatic carbocycles. The molecule has 1 aromatic rings. The van der Waals surface area contributed by atoms with Crippen LogP contribution in [0.5, 0.6) is 0 Å². The third kappa shape index (κ3) is 2.36. The molecule has 76 valence electrons. The summed E-state index contributed by atoms with van der Waals surface area (Å²) in [6.07, 6.45) is 1.39. The molecule has 0 aromatic heterocycles. The van der Waals surface area contributed by atoms with Crippen LogP contribution in [-0.4, -0.2) is 5.78 Å². The van der Waals surface area contributed by atoms with Crippen molar-refractivity contribution in [3.8, 4) is 0 Å². The van der Waals surface area contributed by atoms with E-state index < -0.39 is 0 Å². The molecule has 14 heavy (non-hydrogen) atoms. The number of hydrogen-bond donors (Lipinski definition) is 0. The topological polar surface area (TPSA) is 17.1 Å². The first-order valence-corrected chi connectivity index (χ1v) is 5.35. The van der Waals surface area contributed by atoms with E-state index in [0.717, 1.165) is 12.0 Å². The fourth-order valence-electron chi connectivity index (χ4n) is 1.63. The maximum atomic E-state index is 11.6. The molecule has 2 heteroatoms. The zero-order valence-corrected chi connectivity index (χ0v) is 9.34. The average Bonchev–Trinajstić information content (AvgIpc) is 2.21. The number of halogens is 1. The van der Waals surface area contributed by atoms with Crippen LogP contribution in [0.25, 0.3) is 0 Å². The second kappa shape index (κ2) is 5.16. The van der Waals surface area contributed by atoms with Gasteiger partial charge >= 0.3 is 0 Å². The molecule has 1 nitrogen and oxygen atoms in total. The van der Waals surface area contributed by atoms with E-state index in [1.165, 1.54) is 0 Å². The van der Waals surface area contributed by atoms with Crippen molar-refractivity contribution in [3.63, 3.8) is 0 Å². The smallest absolute Gasteiger partial charge is 0.140 e. The second-order valence-corrected chi connectivity index (χ2v) is 3.71. The number of Topliss-reactive ketones (excluding diaryl/α,β-unsaturated/α-hetero) is 1. The van der Waals surface area contributed by atoms with Gasteiger partial charge in [0.05, 0.1) is 0 Å². The highest BCUT2D eigenvalue weighted by Crippen LogP contribution is 2.28. The van der Waals surface area contributed by atoms with Crippen molar-refractivity contribution >= 4 is 17.4 Å². The number of rotatable bonds is 4. The van der Waals surface area contributed by atoms with Crippen molar-refractivity contribution in [2.24, 2.45) is 0 Å². The zero-order chi connectivity index (χ0) is 10.6. The third-order valence-corrected chi connectivity index (χ3v) is 2.77. The fourth-order valence-corrected chi connectivity index (χ4v) is 1.89. The van der Waals surface area contributed by atoms with E-state index in [2.05, 4.69) is 0 Å². The van der Waals surface area contributed by atoms with Crippen molar-refractivity contribution in [1.29, 1.82) is 0 Å². The van der Waals surface area contributed by atoms with Gasteiger partial charge in [-0.05, 0) is 18.1 Å². The van der Waals surface area contributed by atoms with Crippen LogP contribution in [0.2, 0.25) is 5.02 Å². The van der Waals surface area contributed by atoms with Gasteiger partial charge in [-0.2, -0.15) is 0 Å². The van der Waals surface area contributed by atoms with Crippen molar-refractivity contribution in [3.05, 3.63) is 34.9 Å². The lowest BCUT2D eigenvalue weighted by atomic mass is 9.91. The summed E-state index contributed by atoms with van der Waals surface area (Å²) < 4.78 is 0. The van der Waals surface area contributed by atoms with Gasteiger partial charge in [0.25, 0.3) is 0 Å². The molecule has 0 bridgehead atoms. The summed E-state index contributed by atoms with van der Waals surface area (Å²) in [6.45, 7) is 3.91. The summed E-state index contributed by atoms with van der Waals surface area (Å²) in [7, 11) is 0. The molecule has 0 saturated heterocycles. The Balaban J connectivity index is 3.01. The molecule has 0 aliphatic rings. The van der Waals surface area contributed by atoms with Crippen molar-refractivity contribution in [2.45, 2.75) is 32.6 Å². The zero-order valence-electron chi connectivity index (χ0n) is 8.59. The third-order valence-electron chi connectivity index (χ3n) is 2.43. The van der Waals surface area contributed by atoms with Crippen LogP contribution in [0.1, 0.15) is 38.2 Å². The van der Waals surface area contributed by atoms with Gasteiger partial charge in [0, 0.05) is 17.4 Å². The second-order valence-electron chi connectivity index (χ2n) is 3.30. The first-order chi connectivity index (χ1) is 6.70. The van der Waals surface area contributed by atoms with E-state index in [1.54, 1.807) is 0 Å². The van der Waals surface area contributed by atoms with Crippen LogP contribution >= 0.6 is 11.6 Å². The Kier molecular flexibility index (Phi) is 4.15. The molecule has 0 saturated carbocycles. The SMILES string of the molecule is CCC(=O)[C@@H](CC)c1ccccc1Cl. The summed E-state index contributed by atoms with van der Waals surface area (Å²) in [6, 6.07) is 7.58. The van der Waals surface area contributed by atoms with Gasteiger partial charge in [0.2, 0.25) is 0 Å². The van der Waals surface area contributed by atoms with Crippen LogP contribution in [0.15, 0.2) is 24.3 Å². The molecule has 0 unspecified atom stereocenters. The Morgan fingerprint density at radius 2 is 2.00 bits per heavy atom. The van der Waals surface area contributed by atoms with Crippen LogP contribution < -0.4 is 0 Å². The lowest BCUT2D eigenvalue weighted by molar-refractivity contribution is -0.120. The minimum absolute atomic E-state index is 0.0336. The fraction of sp³-hybridized carbons (Fsp3) is 0.417. The summed E-state index contributed by atoms with van der Waals surface area (Å²) in [5.74, 6) is 0.231. The number of ketones is 1. The van der Waals surface area contributed by atoms with E-state index in [-0.39, 0.29) is 11.7 Å². The van der Waals surface area contributed by atoms with Crippen LogP contribution in [0.4, 0.5) is 0 Å². The Bertz CT molecular complexity index is 320. The summed E-state index contributed by atoms with van der Waals surface area (Å²) in [4.78, 5) is 11.6. The molecule has 0 fully saturated rings. The maximum absolute atomic E-state index is 11.6. The number of hydrogen-bond acceptors (Lipinski definition) is 1. The monoisotopic (exact) mass is 210 g/mol. The van der Waals surface area contributed by atoms with Crippen LogP contribution in [0, 0.1) is 0 Å². The summed E-state index contributed by atoms with van der Waals surface area (Å²) in [5, 5.41) is 0.696. The molecule has 0 aliphatic carbocycles. The van der Waals surface area contributed by atoms with Crippen molar-refractivity contribution in [2.75, 3.05) is 0 Å². The molecule has 0 spiro atoms. The molecule has 0 heterocycles. The van der Waals surface area contributed by atoms with Gasteiger partial charge in [0.1, 0.15) is 5.78 Å². The van der Waals surface area contributed by atoms with E-state index in [0.29, 0.717) is 11.4 Å². The molecular formula is C12H15ClO. The Hall–Kier alpha value is -0.820. The summed E-state index contributed by atoms with van der Waals surface area (Å²) >= 11 is 6.05. The molecule has 0 N–H and O–H groups in total. The van der Waals surface area contributed by atoms with Gasteiger partial charge < -0.3 is 0 Å². The highest BCUT2D eigenvalue weighted by molar-refractivity contribution is 6.31. The van der Waals surface area contributed by atoms with E-state index in [9.17, 15) is 4.79 Å². The molecule has 0 aliphatic heterocycles. The first kappa shape index (κ1) is 11.3.